The quantitative estimate of drug-likeness (QED) is 0.868. The number of carboxylic acids is 1. The predicted molar refractivity (Wildman–Crippen MR) is 83.8 cm³/mol. The van der Waals surface area contributed by atoms with Gasteiger partial charge in [0, 0.05) is 24.5 Å². The van der Waals surface area contributed by atoms with E-state index in [1.807, 2.05) is 6.92 Å². The van der Waals surface area contributed by atoms with Gasteiger partial charge in [-0.15, -0.1) is 11.3 Å². The highest BCUT2D eigenvalue weighted by atomic mass is 32.2. The van der Waals surface area contributed by atoms with E-state index in [4.69, 9.17) is 0 Å². The van der Waals surface area contributed by atoms with Crippen LogP contribution in [-0.4, -0.2) is 43.4 Å². The molecule has 2 N–H and O–H groups in total. The molecule has 0 spiro atoms. The number of piperidine rings is 1. The molecule has 0 aliphatic carbocycles. The van der Waals surface area contributed by atoms with Gasteiger partial charge in [0.25, 0.3) is 10.0 Å². The van der Waals surface area contributed by atoms with E-state index < -0.39 is 16.0 Å². The van der Waals surface area contributed by atoms with Gasteiger partial charge in [-0.3, -0.25) is 0 Å². The van der Waals surface area contributed by atoms with Crippen LogP contribution in [0.15, 0.2) is 4.21 Å². The van der Waals surface area contributed by atoms with Crippen molar-refractivity contribution >= 4 is 27.3 Å². The Balaban J connectivity index is 2.06. The first kappa shape index (κ1) is 15.9. The van der Waals surface area contributed by atoms with Crippen LogP contribution >= 0.6 is 11.3 Å². The highest BCUT2D eigenvalue weighted by Crippen LogP contribution is 2.37. The molecule has 22 heavy (non-hydrogen) atoms. The normalized spacial score (nSPS) is 23.2. The molecule has 0 amide bonds. The van der Waals surface area contributed by atoms with E-state index in [2.05, 4.69) is 5.32 Å². The molecular formula is C14H20N2O4S2. The van der Waals surface area contributed by atoms with E-state index in [1.165, 1.54) is 4.31 Å². The molecule has 0 saturated carbocycles. The van der Waals surface area contributed by atoms with Crippen molar-refractivity contribution in [3.05, 3.63) is 16.0 Å². The molecule has 1 unspecified atom stereocenters. The number of nitrogens with zero attached hydrogens (tertiary/aromatic N) is 1. The van der Waals surface area contributed by atoms with Gasteiger partial charge >= 0.3 is 5.97 Å². The number of nitrogens with one attached hydrogen (secondary N) is 1. The number of aromatic carboxylic acids is 1. The Kier molecular flexibility index (Phi) is 4.28. The van der Waals surface area contributed by atoms with Crippen LogP contribution in [0, 0.1) is 5.92 Å². The average Bonchev–Trinajstić information content (AvgIpc) is 2.87. The Bertz CT molecular complexity index is 696. The van der Waals surface area contributed by atoms with Crippen molar-refractivity contribution in [2.45, 2.75) is 36.9 Å². The summed E-state index contributed by atoms with van der Waals surface area (Å²) < 4.78 is 27.3. The lowest BCUT2D eigenvalue weighted by molar-refractivity contribution is 0.0692. The van der Waals surface area contributed by atoms with Gasteiger partial charge in [0.15, 0.2) is 0 Å². The fourth-order valence-electron chi connectivity index (χ4n) is 3.19. The van der Waals surface area contributed by atoms with Crippen molar-refractivity contribution < 1.29 is 18.3 Å². The minimum absolute atomic E-state index is 0.000253. The van der Waals surface area contributed by atoms with Gasteiger partial charge in [-0.25, -0.2) is 13.2 Å². The molecule has 6 nitrogen and oxygen atoms in total. The van der Waals surface area contributed by atoms with Gasteiger partial charge in [0.1, 0.15) is 4.21 Å². The monoisotopic (exact) mass is 344 g/mol. The molecule has 0 bridgehead atoms. The summed E-state index contributed by atoms with van der Waals surface area (Å²) in [7, 11) is -3.72. The van der Waals surface area contributed by atoms with E-state index >= 15 is 0 Å². The van der Waals surface area contributed by atoms with E-state index in [0.717, 1.165) is 29.1 Å². The van der Waals surface area contributed by atoms with Crippen molar-refractivity contribution in [2.24, 2.45) is 5.92 Å². The standard InChI is InChI=1S/C14H20N2O4S2/c1-9-3-2-6-16(8-9)22(19,20)14-12(13(17)18)10-4-5-15-7-11(10)21-14/h9,15H,2-8H2,1H3,(H,17,18). The van der Waals surface area contributed by atoms with E-state index in [9.17, 15) is 18.3 Å². The van der Waals surface area contributed by atoms with Gasteiger partial charge < -0.3 is 10.4 Å². The maximum absolute atomic E-state index is 12.9. The second-order valence-corrected chi connectivity index (χ2v) is 9.25. The van der Waals surface area contributed by atoms with Crippen LogP contribution in [0.5, 0.6) is 0 Å². The van der Waals surface area contributed by atoms with Crippen molar-refractivity contribution in [3.8, 4) is 0 Å². The molecule has 122 valence electrons. The van der Waals surface area contributed by atoms with Gasteiger partial charge in [-0.05, 0) is 37.3 Å². The molecule has 3 heterocycles. The fourth-order valence-corrected chi connectivity index (χ4v) is 6.79. The minimum Gasteiger partial charge on any atom is -0.478 e. The first-order valence-electron chi connectivity index (χ1n) is 7.50. The number of carboxylic acid groups (broad SMARTS) is 1. The van der Waals surface area contributed by atoms with Gasteiger partial charge in [0.2, 0.25) is 0 Å². The molecule has 8 heteroatoms. The van der Waals surface area contributed by atoms with Crippen molar-refractivity contribution in [1.82, 2.24) is 9.62 Å². The van der Waals surface area contributed by atoms with E-state index in [0.29, 0.717) is 44.1 Å². The number of hydrogen-bond acceptors (Lipinski definition) is 5. The largest absolute Gasteiger partial charge is 0.478 e. The number of fused-ring (bicyclic) bond motifs is 1. The minimum atomic E-state index is -3.72. The third-order valence-electron chi connectivity index (χ3n) is 4.30. The average molecular weight is 344 g/mol. The third kappa shape index (κ3) is 2.68. The Morgan fingerprint density at radius 1 is 1.45 bits per heavy atom. The summed E-state index contributed by atoms with van der Waals surface area (Å²) in [5.74, 6) is -0.823. The van der Waals surface area contributed by atoms with Crippen LogP contribution in [-0.2, 0) is 23.0 Å². The van der Waals surface area contributed by atoms with Crippen LogP contribution < -0.4 is 5.32 Å². The summed E-state index contributed by atoms with van der Waals surface area (Å²) in [6, 6.07) is 0. The molecule has 0 radical (unpaired) electrons. The predicted octanol–water partition coefficient (Wildman–Crippen LogP) is 1.51. The lowest BCUT2D eigenvalue weighted by Gasteiger charge is -2.29. The molecule has 2 aliphatic heterocycles. The fraction of sp³-hybridized carbons (Fsp3) is 0.643. The molecular weight excluding hydrogens is 324 g/mol. The Hall–Kier alpha value is -0.960. The third-order valence-corrected chi connectivity index (χ3v) is 7.90. The Morgan fingerprint density at radius 2 is 2.23 bits per heavy atom. The van der Waals surface area contributed by atoms with Crippen LogP contribution in [0.25, 0.3) is 0 Å². The SMILES string of the molecule is CC1CCCN(S(=O)(=O)c2sc3c(c2C(=O)O)CCNC3)C1. The van der Waals surface area contributed by atoms with Crippen LogP contribution in [0.2, 0.25) is 0 Å². The van der Waals surface area contributed by atoms with E-state index in [1.54, 1.807) is 0 Å². The van der Waals surface area contributed by atoms with Crippen LogP contribution in [0.4, 0.5) is 0 Å². The number of rotatable bonds is 3. The molecule has 2 aliphatic rings. The highest BCUT2D eigenvalue weighted by molar-refractivity contribution is 7.91. The smallest absolute Gasteiger partial charge is 0.338 e. The van der Waals surface area contributed by atoms with Crippen molar-refractivity contribution in [2.75, 3.05) is 19.6 Å². The summed E-state index contributed by atoms with van der Waals surface area (Å²) in [6.07, 6.45) is 2.41. The zero-order valence-corrected chi connectivity index (χ0v) is 14.1. The second-order valence-electron chi connectivity index (χ2n) is 6.01. The van der Waals surface area contributed by atoms with Gasteiger partial charge in [-0.1, -0.05) is 6.92 Å². The van der Waals surface area contributed by atoms with Crippen LogP contribution in [0.1, 0.15) is 40.6 Å². The molecule has 0 aromatic carbocycles. The maximum atomic E-state index is 12.9. The lowest BCUT2D eigenvalue weighted by atomic mass is 10.0. The zero-order chi connectivity index (χ0) is 15.9. The molecule has 1 fully saturated rings. The maximum Gasteiger partial charge on any atom is 0.338 e. The summed E-state index contributed by atoms with van der Waals surface area (Å²) in [6.45, 7) is 4.22. The number of carbonyl (C=O) groups is 1. The van der Waals surface area contributed by atoms with Crippen molar-refractivity contribution in [1.29, 1.82) is 0 Å². The Morgan fingerprint density at radius 3 is 2.91 bits per heavy atom. The molecule has 3 rings (SSSR count). The first-order chi connectivity index (χ1) is 10.4. The van der Waals surface area contributed by atoms with E-state index in [-0.39, 0.29) is 9.77 Å². The molecule has 1 aromatic rings. The molecule has 1 aromatic heterocycles. The number of sulfonamides is 1. The molecule has 1 saturated heterocycles. The summed E-state index contributed by atoms with van der Waals surface area (Å²) in [5, 5.41) is 12.7. The van der Waals surface area contributed by atoms with Gasteiger partial charge in [-0.2, -0.15) is 4.31 Å². The molecule has 1 atom stereocenters. The Labute approximate surface area is 134 Å². The summed E-state index contributed by atoms with van der Waals surface area (Å²) in [4.78, 5) is 12.5. The second kappa shape index (κ2) is 5.92. The summed E-state index contributed by atoms with van der Waals surface area (Å²) in [5.41, 5.74) is 0.694. The first-order valence-corrected chi connectivity index (χ1v) is 9.75. The topological polar surface area (TPSA) is 86.7 Å². The summed E-state index contributed by atoms with van der Waals surface area (Å²) >= 11 is 1.12. The lowest BCUT2D eigenvalue weighted by Crippen LogP contribution is -2.39. The highest BCUT2D eigenvalue weighted by Gasteiger charge is 2.36. The number of thiophene rings is 1. The van der Waals surface area contributed by atoms with Gasteiger partial charge in [0.05, 0.1) is 5.56 Å². The zero-order valence-electron chi connectivity index (χ0n) is 12.5. The van der Waals surface area contributed by atoms with Crippen molar-refractivity contribution in [3.63, 3.8) is 0 Å². The number of hydrogen-bond donors (Lipinski definition) is 2. The van der Waals surface area contributed by atoms with Crippen LogP contribution in [0.3, 0.4) is 0 Å².